The van der Waals surface area contributed by atoms with Crippen LogP contribution in [0.1, 0.15) is 33.9 Å². The van der Waals surface area contributed by atoms with Crippen LogP contribution >= 0.6 is 11.6 Å². The molecule has 0 amide bonds. The maximum Gasteiger partial charge on any atom is 0.123 e. The molecule has 20 heavy (non-hydrogen) atoms. The first-order chi connectivity index (χ1) is 9.43. The summed E-state index contributed by atoms with van der Waals surface area (Å²) in [4.78, 5) is 0. The Labute approximate surface area is 124 Å². The molecule has 1 nitrogen and oxygen atoms in total. The van der Waals surface area contributed by atoms with Crippen molar-refractivity contribution in [1.82, 2.24) is 5.32 Å². The Morgan fingerprint density at radius 3 is 2.15 bits per heavy atom. The molecule has 0 saturated heterocycles. The monoisotopic (exact) mass is 291 g/mol. The van der Waals surface area contributed by atoms with Crippen molar-refractivity contribution in [3.05, 3.63) is 69.0 Å². The van der Waals surface area contributed by atoms with Crippen molar-refractivity contribution < 1.29 is 4.39 Å². The molecule has 3 heteroatoms. The SMILES string of the molecule is CNC(c1ccc(C)cc1Cl)c1c(C)cc(F)cc1C. The van der Waals surface area contributed by atoms with E-state index in [0.717, 1.165) is 32.8 Å². The molecule has 0 aliphatic rings. The topological polar surface area (TPSA) is 12.0 Å². The summed E-state index contributed by atoms with van der Waals surface area (Å²) in [7, 11) is 1.89. The molecular formula is C17H19ClFN. The molecule has 0 radical (unpaired) electrons. The van der Waals surface area contributed by atoms with Gasteiger partial charge in [0.15, 0.2) is 0 Å². The second-order valence-electron chi connectivity index (χ2n) is 5.20. The molecule has 2 aromatic carbocycles. The fourth-order valence-corrected chi connectivity index (χ4v) is 3.04. The van der Waals surface area contributed by atoms with Crippen LogP contribution in [0, 0.1) is 26.6 Å². The van der Waals surface area contributed by atoms with Gasteiger partial charge < -0.3 is 5.32 Å². The largest absolute Gasteiger partial charge is 0.309 e. The van der Waals surface area contributed by atoms with Crippen molar-refractivity contribution in [1.29, 1.82) is 0 Å². The first kappa shape index (κ1) is 15.0. The smallest absolute Gasteiger partial charge is 0.123 e. The summed E-state index contributed by atoms with van der Waals surface area (Å²) in [5.41, 5.74) is 5.08. The second-order valence-corrected chi connectivity index (χ2v) is 5.61. The number of halogens is 2. The fourth-order valence-electron chi connectivity index (χ4n) is 2.70. The van der Waals surface area contributed by atoms with Gasteiger partial charge in [-0.3, -0.25) is 0 Å². The van der Waals surface area contributed by atoms with Crippen LogP contribution in [0.15, 0.2) is 30.3 Å². The Balaban J connectivity index is 2.58. The molecule has 0 aliphatic heterocycles. The van der Waals surface area contributed by atoms with Gasteiger partial charge >= 0.3 is 0 Å². The maximum absolute atomic E-state index is 13.5. The summed E-state index contributed by atoms with van der Waals surface area (Å²) >= 11 is 6.37. The van der Waals surface area contributed by atoms with Crippen LogP contribution in [0.4, 0.5) is 4.39 Å². The van der Waals surface area contributed by atoms with E-state index in [1.54, 1.807) is 12.1 Å². The normalized spacial score (nSPS) is 12.5. The number of aryl methyl sites for hydroxylation is 3. The average Bonchev–Trinajstić information content (AvgIpc) is 2.34. The highest BCUT2D eigenvalue weighted by atomic mass is 35.5. The molecular weight excluding hydrogens is 273 g/mol. The van der Waals surface area contributed by atoms with Crippen molar-refractivity contribution in [3.8, 4) is 0 Å². The van der Waals surface area contributed by atoms with Crippen LogP contribution in [0.5, 0.6) is 0 Å². The third-order valence-corrected chi connectivity index (χ3v) is 3.93. The Kier molecular flexibility index (Phi) is 4.46. The minimum atomic E-state index is -0.200. The molecule has 1 N–H and O–H groups in total. The summed E-state index contributed by atoms with van der Waals surface area (Å²) in [5.74, 6) is -0.200. The van der Waals surface area contributed by atoms with Gasteiger partial charge in [-0.1, -0.05) is 23.7 Å². The molecule has 0 saturated carbocycles. The lowest BCUT2D eigenvalue weighted by Gasteiger charge is -2.23. The molecule has 1 atom stereocenters. The summed E-state index contributed by atoms with van der Waals surface area (Å²) in [6.45, 7) is 5.87. The van der Waals surface area contributed by atoms with E-state index in [9.17, 15) is 4.39 Å². The number of rotatable bonds is 3. The Morgan fingerprint density at radius 2 is 1.65 bits per heavy atom. The number of nitrogens with one attached hydrogen (secondary N) is 1. The summed E-state index contributed by atoms with van der Waals surface area (Å²) < 4.78 is 13.5. The molecule has 0 aromatic heterocycles. The van der Waals surface area contributed by atoms with Gasteiger partial charge in [0.25, 0.3) is 0 Å². The van der Waals surface area contributed by atoms with E-state index in [0.29, 0.717) is 0 Å². The molecule has 0 heterocycles. The van der Waals surface area contributed by atoms with E-state index in [1.807, 2.05) is 46.0 Å². The molecule has 2 aromatic rings. The van der Waals surface area contributed by atoms with Gasteiger partial charge in [-0.05, 0) is 73.8 Å². The molecule has 0 aliphatic carbocycles. The highest BCUT2D eigenvalue weighted by molar-refractivity contribution is 6.31. The Bertz CT molecular complexity index is 614. The standard InChI is InChI=1S/C17H19ClFN/c1-10-5-6-14(15(18)7-10)17(20-4)16-11(2)8-13(19)9-12(16)3/h5-9,17,20H,1-4H3. The number of benzene rings is 2. The number of hydrogen-bond acceptors (Lipinski definition) is 1. The summed E-state index contributed by atoms with van der Waals surface area (Å²) in [6.07, 6.45) is 0. The van der Waals surface area contributed by atoms with Gasteiger partial charge in [-0.15, -0.1) is 0 Å². The minimum absolute atomic E-state index is 0.0382. The summed E-state index contributed by atoms with van der Waals surface area (Å²) in [5, 5.41) is 4.02. The predicted octanol–water partition coefficient (Wildman–Crippen LogP) is 4.71. The van der Waals surface area contributed by atoms with Crippen LogP contribution in [0.25, 0.3) is 0 Å². The van der Waals surface area contributed by atoms with Crippen LogP contribution < -0.4 is 5.32 Å². The highest BCUT2D eigenvalue weighted by Gasteiger charge is 2.19. The lowest BCUT2D eigenvalue weighted by Crippen LogP contribution is -2.20. The van der Waals surface area contributed by atoms with E-state index in [2.05, 4.69) is 5.32 Å². The predicted molar refractivity (Wildman–Crippen MR) is 83.0 cm³/mol. The van der Waals surface area contributed by atoms with Gasteiger partial charge in [0.2, 0.25) is 0 Å². The van der Waals surface area contributed by atoms with Crippen molar-refractivity contribution in [2.24, 2.45) is 0 Å². The van der Waals surface area contributed by atoms with Crippen LogP contribution in [0.3, 0.4) is 0 Å². The third-order valence-electron chi connectivity index (χ3n) is 3.60. The lowest BCUT2D eigenvalue weighted by molar-refractivity contribution is 0.618. The van der Waals surface area contributed by atoms with Gasteiger partial charge in [0.1, 0.15) is 5.82 Å². The maximum atomic E-state index is 13.5. The van der Waals surface area contributed by atoms with Gasteiger partial charge in [0, 0.05) is 5.02 Å². The fraction of sp³-hybridized carbons (Fsp3) is 0.294. The average molecular weight is 292 g/mol. The van der Waals surface area contributed by atoms with Crippen LogP contribution in [-0.4, -0.2) is 7.05 Å². The van der Waals surface area contributed by atoms with Crippen LogP contribution in [0.2, 0.25) is 5.02 Å². The van der Waals surface area contributed by atoms with Gasteiger partial charge in [0.05, 0.1) is 6.04 Å². The number of hydrogen-bond donors (Lipinski definition) is 1. The molecule has 2 rings (SSSR count). The second kappa shape index (κ2) is 5.94. The molecule has 0 fully saturated rings. The van der Waals surface area contributed by atoms with Crippen molar-refractivity contribution in [3.63, 3.8) is 0 Å². The Hall–Kier alpha value is -1.38. The third kappa shape index (κ3) is 2.87. The molecule has 0 bridgehead atoms. The quantitative estimate of drug-likeness (QED) is 0.863. The highest BCUT2D eigenvalue weighted by Crippen LogP contribution is 2.32. The van der Waals surface area contributed by atoms with E-state index in [1.165, 1.54) is 0 Å². The molecule has 106 valence electrons. The lowest BCUT2D eigenvalue weighted by atomic mass is 9.91. The minimum Gasteiger partial charge on any atom is -0.309 e. The zero-order valence-electron chi connectivity index (χ0n) is 12.2. The van der Waals surface area contributed by atoms with E-state index in [4.69, 9.17) is 11.6 Å². The molecule has 0 spiro atoms. The van der Waals surface area contributed by atoms with E-state index >= 15 is 0 Å². The Morgan fingerprint density at radius 1 is 1.05 bits per heavy atom. The van der Waals surface area contributed by atoms with E-state index in [-0.39, 0.29) is 11.9 Å². The van der Waals surface area contributed by atoms with Crippen molar-refractivity contribution >= 4 is 11.6 Å². The van der Waals surface area contributed by atoms with E-state index < -0.39 is 0 Å². The zero-order chi connectivity index (χ0) is 14.9. The van der Waals surface area contributed by atoms with Crippen LogP contribution in [-0.2, 0) is 0 Å². The zero-order valence-corrected chi connectivity index (χ0v) is 13.0. The van der Waals surface area contributed by atoms with Gasteiger partial charge in [-0.2, -0.15) is 0 Å². The van der Waals surface area contributed by atoms with Gasteiger partial charge in [-0.25, -0.2) is 4.39 Å². The summed E-state index contributed by atoms with van der Waals surface area (Å²) in [6, 6.07) is 9.11. The first-order valence-electron chi connectivity index (χ1n) is 6.64. The van der Waals surface area contributed by atoms with Crippen molar-refractivity contribution in [2.75, 3.05) is 7.05 Å². The molecule has 1 unspecified atom stereocenters. The first-order valence-corrected chi connectivity index (χ1v) is 7.01. The van der Waals surface area contributed by atoms with Crippen molar-refractivity contribution in [2.45, 2.75) is 26.8 Å².